The molecule has 0 saturated carbocycles. The van der Waals surface area contributed by atoms with Crippen molar-refractivity contribution in [2.45, 2.75) is 43.3 Å². The molecule has 1 aliphatic rings. The van der Waals surface area contributed by atoms with Crippen LogP contribution in [0.5, 0.6) is 0 Å². The number of H-pyrrole nitrogens is 1. The summed E-state index contributed by atoms with van der Waals surface area (Å²) < 4.78 is 8.17. The van der Waals surface area contributed by atoms with Crippen LogP contribution in [0.25, 0.3) is 22.3 Å². The zero-order valence-electron chi connectivity index (χ0n) is 16.5. The molecule has 148 valence electrons. The maximum Gasteiger partial charge on any atom is 0.191 e. The number of aromatic amines is 1. The molecule has 0 amide bonds. The summed E-state index contributed by atoms with van der Waals surface area (Å²) in [5.74, 6) is 1.79. The van der Waals surface area contributed by atoms with Crippen molar-refractivity contribution in [1.29, 1.82) is 0 Å². The molecule has 1 aliphatic heterocycles. The van der Waals surface area contributed by atoms with E-state index in [1.54, 1.807) is 11.8 Å². The zero-order valence-corrected chi connectivity index (χ0v) is 17.3. The van der Waals surface area contributed by atoms with Gasteiger partial charge in [0.15, 0.2) is 11.0 Å². The molecular formula is C23H24N4OS. The SMILES string of the molecule is Cc1ccccc1CSc1nnc(-c2c[nH]c3ccccc23)n1CC1CCCO1. The maximum atomic E-state index is 5.93. The van der Waals surface area contributed by atoms with E-state index in [0.29, 0.717) is 0 Å². The second kappa shape index (κ2) is 8.05. The van der Waals surface area contributed by atoms with Crippen molar-refractivity contribution in [1.82, 2.24) is 19.7 Å². The van der Waals surface area contributed by atoms with Crippen LogP contribution in [0.1, 0.15) is 24.0 Å². The van der Waals surface area contributed by atoms with Crippen LogP contribution in [0.2, 0.25) is 0 Å². The lowest BCUT2D eigenvalue weighted by Crippen LogP contribution is -2.16. The number of nitrogens with one attached hydrogen (secondary N) is 1. The minimum absolute atomic E-state index is 0.229. The molecule has 3 heterocycles. The highest BCUT2D eigenvalue weighted by atomic mass is 32.2. The molecule has 0 bridgehead atoms. The Hall–Kier alpha value is -2.57. The lowest BCUT2D eigenvalue weighted by Gasteiger charge is -2.14. The topological polar surface area (TPSA) is 55.7 Å². The number of aryl methyl sites for hydroxylation is 1. The smallest absolute Gasteiger partial charge is 0.191 e. The molecule has 2 aromatic carbocycles. The molecular weight excluding hydrogens is 380 g/mol. The Kier molecular flexibility index (Phi) is 5.12. The largest absolute Gasteiger partial charge is 0.376 e. The van der Waals surface area contributed by atoms with Gasteiger partial charge in [0.25, 0.3) is 0 Å². The third-order valence-corrected chi connectivity index (χ3v) is 6.59. The molecule has 1 atom stereocenters. The van der Waals surface area contributed by atoms with E-state index in [2.05, 4.69) is 69.1 Å². The number of hydrogen-bond acceptors (Lipinski definition) is 4. The van der Waals surface area contributed by atoms with Crippen LogP contribution in [-0.2, 0) is 17.0 Å². The van der Waals surface area contributed by atoms with Gasteiger partial charge >= 0.3 is 0 Å². The molecule has 5 rings (SSSR count). The van der Waals surface area contributed by atoms with Crippen molar-refractivity contribution in [2.24, 2.45) is 0 Å². The molecule has 0 aliphatic carbocycles. The molecule has 0 radical (unpaired) electrons. The Morgan fingerprint density at radius 1 is 1.14 bits per heavy atom. The minimum atomic E-state index is 0.229. The van der Waals surface area contributed by atoms with Crippen LogP contribution in [0, 0.1) is 6.92 Å². The van der Waals surface area contributed by atoms with Crippen LogP contribution in [-0.4, -0.2) is 32.5 Å². The van der Waals surface area contributed by atoms with Crippen LogP contribution in [0.3, 0.4) is 0 Å². The maximum absolute atomic E-state index is 5.93. The van der Waals surface area contributed by atoms with Gasteiger partial charge < -0.3 is 9.72 Å². The lowest BCUT2D eigenvalue weighted by molar-refractivity contribution is 0.0953. The van der Waals surface area contributed by atoms with Crippen LogP contribution in [0.15, 0.2) is 59.9 Å². The van der Waals surface area contributed by atoms with Crippen molar-refractivity contribution in [3.63, 3.8) is 0 Å². The van der Waals surface area contributed by atoms with Crippen LogP contribution < -0.4 is 0 Å². The van der Waals surface area contributed by atoms with Gasteiger partial charge in [-0.1, -0.05) is 54.2 Å². The first-order valence-electron chi connectivity index (χ1n) is 10.1. The standard InChI is InChI=1S/C23H24N4OS/c1-16-7-2-3-8-17(16)15-29-23-26-25-22(27(23)14-18-9-6-12-28-18)20-13-24-21-11-5-4-10-19(20)21/h2-5,7-8,10-11,13,18,24H,6,9,12,14-15H2,1H3. The number of nitrogens with zero attached hydrogens (tertiary/aromatic N) is 3. The molecule has 29 heavy (non-hydrogen) atoms. The Balaban J connectivity index is 1.50. The summed E-state index contributed by atoms with van der Waals surface area (Å²) in [5, 5.41) is 11.3. The van der Waals surface area contributed by atoms with E-state index in [9.17, 15) is 0 Å². The number of benzene rings is 2. The van der Waals surface area contributed by atoms with E-state index in [1.807, 2.05) is 12.3 Å². The van der Waals surface area contributed by atoms with Gasteiger partial charge in [-0.05, 0) is 37.0 Å². The average molecular weight is 405 g/mol. The Bertz CT molecular complexity index is 1130. The molecule has 6 heteroatoms. The third kappa shape index (κ3) is 3.70. The summed E-state index contributed by atoms with van der Waals surface area (Å²) in [6.07, 6.45) is 4.48. The fourth-order valence-electron chi connectivity index (χ4n) is 3.92. The monoisotopic (exact) mass is 404 g/mol. The minimum Gasteiger partial charge on any atom is -0.376 e. The Morgan fingerprint density at radius 3 is 2.86 bits per heavy atom. The highest BCUT2D eigenvalue weighted by Crippen LogP contribution is 2.32. The highest BCUT2D eigenvalue weighted by Gasteiger charge is 2.23. The first-order valence-corrected chi connectivity index (χ1v) is 11.1. The predicted octanol–water partition coefficient (Wildman–Crippen LogP) is 5.21. The van der Waals surface area contributed by atoms with Crippen LogP contribution in [0.4, 0.5) is 0 Å². The van der Waals surface area contributed by atoms with E-state index in [0.717, 1.165) is 53.8 Å². The van der Waals surface area contributed by atoms with Gasteiger partial charge in [-0.2, -0.15) is 0 Å². The molecule has 1 saturated heterocycles. The summed E-state index contributed by atoms with van der Waals surface area (Å²) in [6, 6.07) is 16.8. The van der Waals surface area contributed by atoms with E-state index in [4.69, 9.17) is 4.74 Å². The number of aromatic nitrogens is 4. The summed E-state index contributed by atoms with van der Waals surface area (Å²) in [7, 11) is 0. The molecule has 2 aromatic heterocycles. The molecule has 1 fully saturated rings. The Morgan fingerprint density at radius 2 is 2.00 bits per heavy atom. The van der Waals surface area contributed by atoms with Crippen molar-refractivity contribution in [3.05, 3.63) is 65.9 Å². The number of ether oxygens (including phenoxy) is 1. The summed E-state index contributed by atoms with van der Waals surface area (Å²) in [6.45, 7) is 3.79. The van der Waals surface area contributed by atoms with Gasteiger partial charge in [0.05, 0.1) is 12.6 Å². The lowest BCUT2D eigenvalue weighted by atomic mass is 10.1. The normalized spacial score (nSPS) is 16.7. The number of rotatable bonds is 6. The third-order valence-electron chi connectivity index (χ3n) is 5.58. The van der Waals surface area contributed by atoms with Crippen molar-refractivity contribution in [3.8, 4) is 11.4 Å². The average Bonchev–Trinajstić information content (AvgIpc) is 3.48. The number of thioether (sulfide) groups is 1. The second-order valence-corrected chi connectivity index (χ2v) is 8.46. The van der Waals surface area contributed by atoms with Crippen molar-refractivity contribution >= 4 is 22.7 Å². The molecule has 1 unspecified atom stereocenters. The van der Waals surface area contributed by atoms with Crippen molar-refractivity contribution in [2.75, 3.05) is 6.61 Å². The van der Waals surface area contributed by atoms with Crippen molar-refractivity contribution < 1.29 is 4.74 Å². The van der Waals surface area contributed by atoms with Crippen LogP contribution >= 0.6 is 11.8 Å². The zero-order chi connectivity index (χ0) is 19.6. The van der Waals surface area contributed by atoms with E-state index in [1.165, 1.54) is 16.5 Å². The summed E-state index contributed by atoms with van der Waals surface area (Å²) in [5.41, 5.74) is 4.84. The summed E-state index contributed by atoms with van der Waals surface area (Å²) in [4.78, 5) is 3.36. The molecule has 0 spiro atoms. The predicted molar refractivity (Wildman–Crippen MR) is 117 cm³/mol. The first kappa shape index (κ1) is 18.5. The van der Waals surface area contributed by atoms with Gasteiger partial charge in [-0.3, -0.25) is 4.57 Å². The number of fused-ring (bicyclic) bond motifs is 1. The van der Waals surface area contributed by atoms with E-state index < -0.39 is 0 Å². The van der Waals surface area contributed by atoms with Gasteiger partial charge in [0.2, 0.25) is 0 Å². The van der Waals surface area contributed by atoms with Gasteiger partial charge in [0, 0.05) is 35.0 Å². The molecule has 4 aromatic rings. The molecule has 5 nitrogen and oxygen atoms in total. The summed E-state index contributed by atoms with van der Waals surface area (Å²) >= 11 is 1.74. The van der Waals surface area contributed by atoms with E-state index >= 15 is 0 Å². The number of para-hydroxylation sites is 1. The fraction of sp³-hybridized carbons (Fsp3) is 0.304. The van der Waals surface area contributed by atoms with Gasteiger partial charge in [-0.25, -0.2) is 0 Å². The fourth-order valence-corrected chi connectivity index (χ4v) is 4.95. The van der Waals surface area contributed by atoms with Gasteiger partial charge in [0.1, 0.15) is 0 Å². The van der Waals surface area contributed by atoms with E-state index in [-0.39, 0.29) is 6.10 Å². The quantitative estimate of drug-likeness (QED) is 0.449. The first-order chi connectivity index (χ1) is 14.3. The Labute approximate surface area is 174 Å². The molecule has 1 N–H and O–H groups in total. The number of hydrogen-bond donors (Lipinski definition) is 1. The van der Waals surface area contributed by atoms with Gasteiger partial charge in [-0.15, -0.1) is 10.2 Å². The second-order valence-electron chi connectivity index (χ2n) is 7.51. The highest BCUT2D eigenvalue weighted by molar-refractivity contribution is 7.98.